The third-order valence-corrected chi connectivity index (χ3v) is 3.24. The van der Waals surface area contributed by atoms with Gasteiger partial charge in [-0.25, -0.2) is 4.79 Å². The van der Waals surface area contributed by atoms with Crippen molar-refractivity contribution in [3.8, 4) is 0 Å². The number of hydrogen-bond acceptors (Lipinski definition) is 2. The molecule has 0 spiro atoms. The molecular formula is C16H14ClNO3. The molecule has 0 atom stereocenters. The molecule has 2 aromatic carbocycles. The number of hydrogen-bond donors (Lipinski definition) is 2. The number of carbonyl (C=O) groups excluding carboxylic acids is 1. The highest BCUT2D eigenvalue weighted by Crippen LogP contribution is 2.19. The number of aromatic carboxylic acids is 1. The van der Waals surface area contributed by atoms with Crippen molar-refractivity contribution in [1.29, 1.82) is 0 Å². The zero-order valence-corrected chi connectivity index (χ0v) is 12.4. The maximum atomic E-state index is 12.2. The van der Waals surface area contributed by atoms with Gasteiger partial charge in [-0.15, -0.1) is 0 Å². The quantitative estimate of drug-likeness (QED) is 0.903. The number of anilines is 1. The minimum Gasteiger partial charge on any atom is -0.478 e. The highest BCUT2D eigenvalue weighted by Gasteiger charge is 2.11. The van der Waals surface area contributed by atoms with Crippen LogP contribution in [0.25, 0.3) is 0 Å². The number of halogens is 1. The molecule has 0 aromatic heterocycles. The summed E-state index contributed by atoms with van der Waals surface area (Å²) >= 11 is 5.94. The van der Waals surface area contributed by atoms with E-state index in [4.69, 9.17) is 16.7 Å². The second-order valence-corrected chi connectivity index (χ2v) is 5.24. The molecule has 0 aliphatic rings. The van der Waals surface area contributed by atoms with E-state index in [1.165, 1.54) is 12.1 Å². The summed E-state index contributed by atoms with van der Waals surface area (Å²) in [6.45, 7) is 3.60. The van der Waals surface area contributed by atoms with E-state index in [0.29, 0.717) is 21.8 Å². The number of carboxylic acids is 1. The molecular weight excluding hydrogens is 290 g/mol. The van der Waals surface area contributed by atoms with Crippen molar-refractivity contribution in [3.05, 3.63) is 63.7 Å². The Bertz CT molecular complexity index is 705. The minimum atomic E-state index is -0.999. The van der Waals surface area contributed by atoms with Gasteiger partial charge < -0.3 is 10.4 Å². The summed E-state index contributed by atoms with van der Waals surface area (Å²) in [5, 5.41) is 12.2. The second kappa shape index (κ2) is 5.97. The molecule has 0 bridgehead atoms. The molecule has 21 heavy (non-hydrogen) atoms. The van der Waals surface area contributed by atoms with Crippen LogP contribution in [0.15, 0.2) is 36.4 Å². The number of rotatable bonds is 3. The lowest BCUT2D eigenvalue weighted by Crippen LogP contribution is -2.13. The number of nitrogens with one attached hydrogen (secondary N) is 1. The average molecular weight is 304 g/mol. The fourth-order valence-corrected chi connectivity index (χ4v) is 2.29. The van der Waals surface area contributed by atoms with Crippen molar-refractivity contribution in [2.45, 2.75) is 13.8 Å². The first-order chi connectivity index (χ1) is 9.86. The van der Waals surface area contributed by atoms with E-state index in [1.807, 2.05) is 6.92 Å². The van der Waals surface area contributed by atoms with Crippen molar-refractivity contribution in [2.75, 3.05) is 5.32 Å². The van der Waals surface area contributed by atoms with Crippen molar-refractivity contribution >= 4 is 29.2 Å². The fraction of sp³-hybridized carbons (Fsp3) is 0.125. The zero-order chi connectivity index (χ0) is 15.6. The standard InChI is InChI=1S/C16H14ClNO3/c1-9-5-12(8-13(17)6-9)15(19)18-14-4-3-11(16(20)21)7-10(14)2/h3-8H,1-2H3,(H,18,19)(H,20,21). The SMILES string of the molecule is Cc1cc(Cl)cc(C(=O)Nc2ccc(C(=O)O)cc2C)c1. The summed E-state index contributed by atoms with van der Waals surface area (Å²) in [5.74, 6) is -1.28. The Morgan fingerprint density at radius 3 is 2.33 bits per heavy atom. The van der Waals surface area contributed by atoms with E-state index >= 15 is 0 Å². The van der Waals surface area contributed by atoms with Crippen LogP contribution < -0.4 is 5.32 Å². The molecule has 5 heteroatoms. The highest BCUT2D eigenvalue weighted by molar-refractivity contribution is 6.31. The minimum absolute atomic E-state index is 0.184. The van der Waals surface area contributed by atoms with Gasteiger partial charge in [0.1, 0.15) is 0 Å². The Hall–Kier alpha value is -2.33. The molecule has 0 aliphatic carbocycles. The lowest BCUT2D eigenvalue weighted by molar-refractivity contribution is 0.0696. The summed E-state index contributed by atoms with van der Waals surface area (Å²) in [4.78, 5) is 23.1. The van der Waals surface area contributed by atoms with Gasteiger partial charge >= 0.3 is 5.97 Å². The fourth-order valence-electron chi connectivity index (χ4n) is 2.00. The Morgan fingerprint density at radius 1 is 1.05 bits per heavy atom. The van der Waals surface area contributed by atoms with Crippen LogP contribution in [0.1, 0.15) is 31.8 Å². The van der Waals surface area contributed by atoms with Crippen LogP contribution in [0.2, 0.25) is 5.02 Å². The summed E-state index contributed by atoms with van der Waals surface area (Å²) in [6.07, 6.45) is 0. The number of carboxylic acid groups (broad SMARTS) is 1. The van der Waals surface area contributed by atoms with Gasteiger partial charge in [0.2, 0.25) is 0 Å². The van der Waals surface area contributed by atoms with Crippen LogP contribution in [0.5, 0.6) is 0 Å². The molecule has 0 saturated heterocycles. The molecule has 1 amide bonds. The monoisotopic (exact) mass is 303 g/mol. The Labute approximate surface area is 127 Å². The molecule has 2 rings (SSSR count). The maximum absolute atomic E-state index is 12.2. The van der Waals surface area contributed by atoms with Gasteiger partial charge in [0, 0.05) is 16.3 Å². The lowest BCUT2D eigenvalue weighted by Gasteiger charge is -2.10. The highest BCUT2D eigenvalue weighted by atomic mass is 35.5. The maximum Gasteiger partial charge on any atom is 0.335 e. The Balaban J connectivity index is 2.25. The first-order valence-corrected chi connectivity index (χ1v) is 6.67. The van der Waals surface area contributed by atoms with Crippen molar-refractivity contribution in [3.63, 3.8) is 0 Å². The number of aryl methyl sites for hydroxylation is 2. The number of amides is 1. The van der Waals surface area contributed by atoms with E-state index in [2.05, 4.69) is 5.32 Å². The summed E-state index contributed by atoms with van der Waals surface area (Å²) in [7, 11) is 0. The molecule has 0 heterocycles. The topological polar surface area (TPSA) is 66.4 Å². The van der Waals surface area contributed by atoms with Gasteiger partial charge in [0.25, 0.3) is 5.91 Å². The number of benzene rings is 2. The first kappa shape index (κ1) is 15.1. The van der Waals surface area contributed by atoms with Gasteiger partial charge in [-0.2, -0.15) is 0 Å². The molecule has 0 radical (unpaired) electrons. The van der Waals surface area contributed by atoms with Gasteiger partial charge in [0.15, 0.2) is 0 Å². The van der Waals surface area contributed by atoms with Crippen LogP contribution in [0.4, 0.5) is 5.69 Å². The van der Waals surface area contributed by atoms with Gasteiger partial charge in [0.05, 0.1) is 5.56 Å². The van der Waals surface area contributed by atoms with Crippen molar-refractivity contribution in [2.24, 2.45) is 0 Å². The summed E-state index contributed by atoms with van der Waals surface area (Å²) < 4.78 is 0. The first-order valence-electron chi connectivity index (χ1n) is 6.29. The lowest BCUT2D eigenvalue weighted by atomic mass is 10.1. The third-order valence-electron chi connectivity index (χ3n) is 3.03. The predicted octanol–water partition coefficient (Wildman–Crippen LogP) is 3.91. The van der Waals surface area contributed by atoms with E-state index in [9.17, 15) is 9.59 Å². The zero-order valence-electron chi connectivity index (χ0n) is 11.6. The summed E-state index contributed by atoms with van der Waals surface area (Å²) in [5.41, 5.74) is 2.79. The van der Waals surface area contributed by atoms with E-state index in [-0.39, 0.29) is 11.5 Å². The average Bonchev–Trinajstić information content (AvgIpc) is 2.39. The summed E-state index contributed by atoms with van der Waals surface area (Å²) in [6, 6.07) is 9.64. The van der Waals surface area contributed by atoms with Crippen molar-refractivity contribution < 1.29 is 14.7 Å². The smallest absolute Gasteiger partial charge is 0.335 e. The molecule has 0 unspecified atom stereocenters. The Kier molecular flexibility index (Phi) is 4.29. The van der Waals surface area contributed by atoms with Gasteiger partial charge in [-0.05, 0) is 61.4 Å². The van der Waals surface area contributed by atoms with Gasteiger partial charge in [-0.3, -0.25) is 4.79 Å². The third kappa shape index (κ3) is 3.61. The van der Waals surface area contributed by atoms with E-state index < -0.39 is 5.97 Å². The van der Waals surface area contributed by atoms with Crippen LogP contribution in [0.3, 0.4) is 0 Å². The Morgan fingerprint density at radius 2 is 1.76 bits per heavy atom. The number of carbonyl (C=O) groups is 2. The van der Waals surface area contributed by atoms with Crippen LogP contribution in [-0.4, -0.2) is 17.0 Å². The van der Waals surface area contributed by atoms with Crippen LogP contribution in [-0.2, 0) is 0 Å². The molecule has 2 aromatic rings. The van der Waals surface area contributed by atoms with E-state index in [1.54, 1.807) is 31.2 Å². The molecule has 0 saturated carbocycles. The molecule has 0 aliphatic heterocycles. The molecule has 0 fully saturated rings. The second-order valence-electron chi connectivity index (χ2n) is 4.81. The van der Waals surface area contributed by atoms with Crippen LogP contribution >= 0.6 is 11.6 Å². The van der Waals surface area contributed by atoms with Crippen LogP contribution in [0, 0.1) is 13.8 Å². The molecule has 2 N–H and O–H groups in total. The predicted molar refractivity (Wildman–Crippen MR) is 82.3 cm³/mol. The van der Waals surface area contributed by atoms with Crippen molar-refractivity contribution in [1.82, 2.24) is 0 Å². The largest absolute Gasteiger partial charge is 0.478 e. The molecule has 4 nitrogen and oxygen atoms in total. The normalized spacial score (nSPS) is 10.2. The van der Waals surface area contributed by atoms with E-state index in [0.717, 1.165) is 5.56 Å². The van der Waals surface area contributed by atoms with Gasteiger partial charge in [-0.1, -0.05) is 11.6 Å². The molecule has 108 valence electrons.